The van der Waals surface area contributed by atoms with Crippen LogP contribution in [-0.2, 0) is 4.79 Å². The number of anilines is 2. The van der Waals surface area contributed by atoms with E-state index in [1.165, 1.54) is 6.07 Å². The number of nitrogens with one attached hydrogen (secondary N) is 1. The van der Waals surface area contributed by atoms with Crippen LogP contribution in [-0.4, -0.2) is 35.6 Å². The normalized spacial score (nSPS) is 18.0. The van der Waals surface area contributed by atoms with Gasteiger partial charge in [0.1, 0.15) is 5.54 Å². The summed E-state index contributed by atoms with van der Waals surface area (Å²) in [6.45, 7) is 4.58. The summed E-state index contributed by atoms with van der Waals surface area (Å²) in [5.41, 5.74) is 5.85. The number of hydrogen-bond acceptors (Lipinski definition) is 4. The van der Waals surface area contributed by atoms with Gasteiger partial charge in [0.15, 0.2) is 0 Å². The summed E-state index contributed by atoms with van der Waals surface area (Å²) in [4.78, 5) is 25.0. The molecule has 0 spiro atoms. The van der Waals surface area contributed by atoms with Gasteiger partial charge >= 0.3 is 5.97 Å². The monoisotopic (exact) mass is 263 g/mol. The fourth-order valence-corrected chi connectivity index (χ4v) is 2.28. The van der Waals surface area contributed by atoms with Crippen molar-refractivity contribution in [1.82, 2.24) is 5.32 Å². The molecule has 0 aliphatic carbocycles. The number of benzene rings is 1. The average molecular weight is 263 g/mol. The van der Waals surface area contributed by atoms with Crippen LogP contribution in [0.2, 0.25) is 0 Å². The number of carboxylic acids is 1. The van der Waals surface area contributed by atoms with E-state index in [1.54, 1.807) is 30.9 Å². The minimum absolute atomic E-state index is 0.114. The molecule has 1 heterocycles. The van der Waals surface area contributed by atoms with Crippen molar-refractivity contribution in [2.24, 2.45) is 0 Å². The van der Waals surface area contributed by atoms with Crippen molar-refractivity contribution >= 4 is 23.3 Å². The smallest absolute Gasteiger partial charge is 0.337 e. The molecule has 2 rings (SSSR count). The Balaban J connectivity index is 2.52. The largest absolute Gasteiger partial charge is 0.478 e. The van der Waals surface area contributed by atoms with Gasteiger partial charge in [-0.2, -0.15) is 0 Å². The number of nitrogen functional groups attached to an aromatic ring is 1. The zero-order valence-electron chi connectivity index (χ0n) is 10.9. The number of carbonyl (C=O) groups excluding carboxylic acids is 1. The molecule has 1 aliphatic rings. The minimum Gasteiger partial charge on any atom is -0.478 e. The number of carboxylic acid groups (broad SMARTS) is 1. The Morgan fingerprint density at radius 3 is 2.79 bits per heavy atom. The summed E-state index contributed by atoms with van der Waals surface area (Å²) in [5, 5.41) is 12.1. The lowest BCUT2D eigenvalue weighted by atomic mass is 9.96. The summed E-state index contributed by atoms with van der Waals surface area (Å²) >= 11 is 0. The van der Waals surface area contributed by atoms with Crippen LogP contribution in [0, 0.1) is 0 Å². The molecule has 1 aliphatic heterocycles. The van der Waals surface area contributed by atoms with E-state index in [0.717, 1.165) is 0 Å². The Bertz CT molecular complexity index is 540. The van der Waals surface area contributed by atoms with Gasteiger partial charge in [0.05, 0.1) is 11.3 Å². The first kappa shape index (κ1) is 13.2. The Morgan fingerprint density at radius 1 is 1.47 bits per heavy atom. The predicted molar refractivity (Wildman–Crippen MR) is 72.2 cm³/mol. The molecule has 0 atom stereocenters. The van der Waals surface area contributed by atoms with Crippen LogP contribution < -0.4 is 16.0 Å². The van der Waals surface area contributed by atoms with Crippen LogP contribution in [0.3, 0.4) is 0 Å². The van der Waals surface area contributed by atoms with Crippen molar-refractivity contribution in [3.63, 3.8) is 0 Å². The molecule has 102 valence electrons. The summed E-state index contributed by atoms with van der Waals surface area (Å²) in [6, 6.07) is 4.71. The first-order chi connectivity index (χ1) is 8.84. The molecular formula is C13H17N3O3. The second-order valence-electron chi connectivity index (χ2n) is 5.05. The average Bonchev–Trinajstić information content (AvgIpc) is 2.33. The third kappa shape index (κ3) is 2.21. The van der Waals surface area contributed by atoms with Crippen molar-refractivity contribution in [2.75, 3.05) is 23.7 Å². The van der Waals surface area contributed by atoms with E-state index in [2.05, 4.69) is 5.32 Å². The molecule has 6 nitrogen and oxygen atoms in total. The van der Waals surface area contributed by atoms with Crippen molar-refractivity contribution in [3.8, 4) is 0 Å². The second kappa shape index (κ2) is 4.46. The van der Waals surface area contributed by atoms with Crippen LogP contribution in [0.25, 0.3) is 0 Å². The van der Waals surface area contributed by atoms with Gasteiger partial charge in [-0.15, -0.1) is 0 Å². The highest BCUT2D eigenvalue weighted by Gasteiger charge is 2.39. The molecule has 0 unspecified atom stereocenters. The number of hydrogen-bond donors (Lipinski definition) is 3. The van der Waals surface area contributed by atoms with Crippen molar-refractivity contribution in [1.29, 1.82) is 0 Å². The third-order valence-electron chi connectivity index (χ3n) is 3.39. The van der Waals surface area contributed by atoms with Gasteiger partial charge in [-0.3, -0.25) is 4.79 Å². The summed E-state index contributed by atoms with van der Waals surface area (Å²) in [7, 11) is 0. The van der Waals surface area contributed by atoms with Crippen molar-refractivity contribution < 1.29 is 14.7 Å². The summed E-state index contributed by atoms with van der Waals surface area (Å²) in [6.07, 6.45) is 0. The number of carbonyl (C=O) groups is 2. The standard InChI is InChI=1S/C13H17N3O3/c1-13(2)12(19)15-5-6-16(13)10-4-3-8(14)7-9(10)11(17)18/h3-4,7H,5-6,14H2,1-2H3,(H,15,19)(H,17,18). The first-order valence-corrected chi connectivity index (χ1v) is 6.03. The van der Waals surface area contributed by atoms with Gasteiger partial charge in [0.2, 0.25) is 5.91 Å². The molecule has 0 saturated carbocycles. The van der Waals surface area contributed by atoms with E-state index in [9.17, 15) is 14.7 Å². The van der Waals surface area contributed by atoms with Crippen LogP contribution >= 0.6 is 0 Å². The van der Waals surface area contributed by atoms with Crippen LogP contribution in [0.15, 0.2) is 18.2 Å². The first-order valence-electron chi connectivity index (χ1n) is 6.03. The highest BCUT2D eigenvalue weighted by atomic mass is 16.4. The molecule has 4 N–H and O–H groups in total. The molecule has 1 aromatic rings. The topological polar surface area (TPSA) is 95.7 Å². The maximum atomic E-state index is 11.9. The van der Waals surface area contributed by atoms with Crippen LogP contribution in [0.5, 0.6) is 0 Å². The number of piperazine rings is 1. The van der Waals surface area contributed by atoms with Gasteiger partial charge in [-0.25, -0.2) is 4.79 Å². The fourth-order valence-electron chi connectivity index (χ4n) is 2.28. The van der Waals surface area contributed by atoms with E-state index in [1.807, 2.05) is 0 Å². The maximum Gasteiger partial charge on any atom is 0.337 e. The number of aromatic carboxylic acids is 1. The number of amides is 1. The molecule has 0 bridgehead atoms. The molecule has 1 aromatic carbocycles. The SMILES string of the molecule is CC1(C)C(=O)NCCN1c1ccc(N)cc1C(=O)O. The van der Waals surface area contributed by atoms with Gasteiger partial charge in [-0.05, 0) is 32.0 Å². The molecule has 19 heavy (non-hydrogen) atoms. The van der Waals surface area contributed by atoms with E-state index < -0.39 is 11.5 Å². The number of nitrogens with zero attached hydrogens (tertiary/aromatic N) is 1. The van der Waals surface area contributed by atoms with Gasteiger partial charge < -0.3 is 21.1 Å². The fraction of sp³-hybridized carbons (Fsp3) is 0.385. The summed E-state index contributed by atoms with van der Waals surface area (Å²) < 4.78 is 0. The summed E-state index contributed by atoms with van der Waals surface area (Å²) in [5.74, 6) is -1.17. The van der Waals surface area contributed by atoms with Gasteiger partial charge in [0.25, 0.3) is 0 Å². The maximum absolute atomic E-state index is 11.9. The highest BCUT2D eigenvalue weighted by molar-refractivity contribution is 5.98. The number of rotatable bonds is 2. The lowest BCUT2D eigenvalue weighted by Gasteiger charge is -2.43. The predicted octanol–water partition coefficient (Wildman–Crippen LogP) is 0.682. The molecule has 1 fully saturated rings. The Morgan fingerprint density at radius 2 is 2.16 bits per heavy atom. The van der Waals surface area contributed by atoms with Crippen molar-refractivity contribution in [3.05, 3.63) is 23.8 Å². The number of nitrogens with two attached hydrogens (primary N) is 1. The quantitative estimate of drug-likeness (QED) is 0.682. The van der Waals surface area contributed by atoms with Crippen molar-refractivity contribution in [2.45, 2.75) is 19.4 Å². The molecule has 1 saturated heterocycles. The molecular weight excluding hydrogens is 246 g/mol. The second-order valence-corrected chi connectivity index (χ2v) is 5.05. The molecule has 1 amide bonds. The van der Waals surface area contributed by atoms with E-state index in [-0.39, 0.29) is 11.5 Å². The van der Waals surface area contributed by atoms with Gasteiger partial charge in [0, 0.05) is 18.8 Å². The van der Waals surface area contributed by atoms with Crippen LogP contribution in [0.1, 0.15) is 24.2 Å². The van der Waals surface area contributed by atoms with Gasteiger partial charge in [-0.1, -0.05) is 0 Å². The lowest BCUT2D eigenvalue weighted by Crippen LogP contribution is -2.62. The highest BCUT2D eigenvalue weighted by Crippen LogP contribution is 2.30. The Kier molecular flexibility index (Phi) is 3.09. The Labute approximate surface area is 111 Å². The lowest BCUT2D eigenvalue weighted by molar-refractivity contribution is -0.126. The molecule has 0 radical (unpaired) electrons. The van der Waals surface area contributed by atoms with E-state index in [4.69, 9.17) is 5.73 Å². The molecule has 0 aromatic heterocycles. The zero-order chi connectivity index (χ0) is 14.2. The van der Waals surface area contributed by atoms with E-state index in [0.29, 0.717) is 24.5 Å². The van der Waals surface area contributed by atoms with E-state index >= 15 is 0 Å². The minimum atomic E-state index is -1.05. The zero-order valence-corrected chi connectivity index (χ0v) is 10.9. The Hall–Kier alpha value is -2.24. The third-order valence-corrected chi connectivity index (χ3v) is 3.39. The van der Waals surface area contributed by atoms with Crippen LogP contribution in [0.4, 0.5) is 11.4 Å². The molecule has 6 heteroatoms.